The number of likely N-dealkylation sites (tertiary alicyclic amines) is 1. The van der Waals surface area contributed by atoms with Crippen molar-refractivity contribution >= 4 is 5.91 Å². The van der Waals surface area contributed by atoms with Crippen LogP contribution in [0.3, 0.4) is 0 Å². The maximum atomic E-state index is 14.2. The van der Waals surface area contributed by atoms with Crippen molar-refractivity contribution in [3.63, 3.8) is 0 Å². The molecule has 1 saturated heterocycles. The molecule has 0 aliphatic carbocycles. The fourth-order valence-corrected chi connectivity index (χ4v) is 4.95. The Labute approximate surface area is 175 Å². The minimum Gasteiger partial charge on any atom is -0.396 e. The Morgan fingerprint density at radius 1 is 1.19 bits per heavy atom. The molecule has 0 unspecified atom stereocenters. The number of nitrogens with zero attached hydrogens (tertiary/aromatic N) is 2. The van der Waals surface area contributed by atoms with Crippen LogP contribution in [0.1, 0.15) is 11.7 Å². The molecule has 1 amide bonds. The average molecular weight is 439 g/mol. The molecule has 1 aromatic heterocycles. The van der Waals surface area contributed by atoms with Crippen molar-refractivity contribution in [2.75, 3.05) is 20.2 Å². The average Bonchev–Trinajstić information content (AvgIpc) is 3.22. The molecule has 0 bridgehead atoms. The number of pyridine rings is 1. The monoisotopic (exact) mass is 439 g/mol. The predicted molar refractivity (Wildman–Crippen MR) is 104 cm³/mol. The highest BCUT2D eigenvalue weighted by molar-refractivity contribution is 5.82. The number of hydrogen-bond donors (Lipinski definition) is 2. The Morgan fingerprint density at radius 3 is 2.55 bits per heavy atom. The molecule has 0 radical (unpaired) electrons. The lowest BCUT2D eigenvalue weighted by atomic mass is 9.88. The first kappa shape index (κ1) is 21.5. The van der Waals surface area contributed by atoms with E-state index in [1.165, 1.54) is 28.8 Å². The summed E-state index contributed by atoms with van der Waals surface area (Å²) in [6, 6.07) is 7.74. The van der Waals surface area contributed by atoms with Gasteiger partial charge in [-0.25, -0.2) is 4.39 Å². The van der Waals surface area contributed by atoms with Gasteiger partial charge in [0.15, 0.2) is 0 Å². The van der Waals surface area contributed by atoms with E-state index < -0.39 is 49.1 Å². The van der Waals surface area contributed by atoms with Crippen molar-refractivity contribution in [2.24, 2.45) is 11.8 Å². The molecule has 2 N–H and O–H groups in total. The molecule has 2 aliphatic heterocycles. The van der Waals surface area contributed by atoms with E-state index >= 15 is 0 Å². The Bertz CT molecular complexity index is 1070. The number of halogens is 4. The van der Waals surface area contributed by atoms with E-state index in [4.69, 9.17) is 0 Å². The lowest BCUT2D eigenvalue weighted by Crippen LogP contribution is -2.49. The van der Waals surface area contributed by atoms with Gasteiger partial charge in [0.25, 0.3) is 5.56 Å². The lowest BCUT2D eigenvalue weighted by molar-refractivity contribution is -0.142. The van der Waals surface area contributed by atoms with Gasteiger partial charge in [0.2, 0.25) is 5.91 Å². The first-order valence-electron chi connectivity index (χ1n) is 9.80. The number of aliphatic hydroxyl groups is 1. The van der Waals surface area contributed by atoms with Crippen LogP contribution in [0.2, 0.25) is 0 Å². The van der Waals surface area contributed by atoms with Crippen molar-refractivity contribution in [3.8, 4) is 11.1 Å². The summed E-state index contributed by atoms with van der Waals surface area (Å²) < 4.78 is 53.2. The Balaban J connectivity index is 1.67. The quantitative estimate of drug-likeness (QED) is 0.715. The number of aromatic nitrogens is 1. The number of hydrogen-bond acceptors (Lipinski definition) is 4. The highest BCUT2D eigenvalue weighted by atomic mass is 19.4. The molecule has 31 heavy (non-hydrogen) atoms. The summed E-state index contributed by atoms with van der Waals surface area (Å²) >= 11 is 0. The third-order valence-electron chi connectivity index (χ3n) is 6.25. The second-order valence-electron chi connectivity index (χ2n) is 7.97. The van der Waals surface area contributed by atoms with E-state index in [-0.39, 0.29) is 29.1 Å². The Hall–Kier alpha value is -2.72. The van der Waals surface area contributed by atoms with Gasteiger partial charge in [0.05, 0.1) is 17.6 Å². The van der Waals surface area contributed by atoms with Crippen LogP contribution in [0, 0.1) is 17.7 Å². The van der Waals surface area contributed by atoms with Gasteiger partial charge in [-0.05, 0) is 25.2 Å². The molecule has 2 aromatic rings. The number of fused-ring (bicyclic) bond motifs is 3. The summed E-state index contributed by atoms with van der Waals surface area (Å²) in [5.74, 6) is -2.34. The van der Waals surface area contributed by atoms with Gasteiger partial charge in [-0.3, -0.25) is 14.5 Å². The number of benzene rings is 1. The highest BCUT2D eigenvalue weighted by Gasteiger charge is 2.54. The van der Waals surface area contributed by atoms with E-state index in [0.29, 0.717) is 5.69 Å². The highest BCUT2D eigenvalue weighted by Crippen LogP contribution is 2.48. The molecule has 10 heteroatoms. The van der Waals surface area contributed by atoms with Gasteiger partial charge >= 0.3 is 6.18 Å². The number of alkyl halides is 3. The standard InChI is InChI=1S/C21H21F4N3O3/c1-27-17-13(14(9-29)18(27)19(30)26-10-21(23,24)25)8-28-16(17)7-6-12(20(28)31)11-4-2-3-5-15(11)22/h2-7,13-14,17-18,29H,8-10H2,1H3,(H,26,30)/t13-,14-,17+,18-/m1/s1. The number of rotatable bonds is 4. The second-order valence-corrected chi connectivity index (χ2v) is 7.97. The fraction of sp³-hybridized carbons (Fsp3) is 0.429. The van der Waals surface area contributed by atoms with Gasteiger partial charge in [-0.2, -0.15) is 13.2 Å². The van der Waals surface area contributed by atoms with Crippen molar-refractivity contribution in [1.82, 2.24) is 14.8 Å². The van der Waals surface area contributed by atoms with Gasteiger partial charge in [0, 0.05) is 36.2 Å². The van der Waals surface area contributed by atoms with Crippen LogP contribution in [0.25, 0.3) is 11.1 Å². The number of aliphatic hydroxyl groups excluding tert-OH is 1. The van der Waals surface area contributed by atoms with Crippen molar-refractivity contribution in [1.29, 1.82) is 0 Å². The zero-order chi connectivity index (χ0) is 22.5. The summed E-state index contributed by atoms with van der Waals surface area (Å²) in [5, 5.41) is 11.8. The molecule has 3 heterocycles. The van der Waals surface area contributed by atoms with Crippen LogP contribution in [-0.4, -0.2) is 52.9 Å². The molecular formula is C21H21F4N3O3. The summed E-state index contributed by atoms with van der Waals surface area (Å²) in [7, 11) is 1.59. The van der Waals surface area contributed by atoms with Crippen LogP contribution in [0.5, 0.6) is 0 Å². The third-order valence-corrected chi connectivity index (χ3v) is 6.25. The smallest absolute Gasteiger partial charge is 0.396 e. The van der Waals surface area contributed by atoms with E-state index in [2.05, 4.69) is 0 Å². The summed E-state index contributed by atoms with van der Waals surface area (Å²) in [4.78, 5) is 27.2. The molecule has 4 atom stereocenters. The molecule has 0 saturated carbocycles. The molecule has 1 fully saturated rings. The number of carbonyl (C=O) groups excluding carboxylic acids is 1. The number of nitrogens with one attached hydrogen (secondary N) is 1. The number of likely N-dealkylation sites (N-methyl/N-ethyl adjacent to an activating group) is 1. The minimum absolute atomic E-state index is 0.177. The maximum Gasteiger partial charge on any atom is 0.405 e. The molecule has 6 nitrogen and oxygen atoms in total. The SMILES string of the molecule is CN1[C@@H]2c3ccc(-c4ccccc4F)c(=O)n3C[C@@H]2[C@@H](CO)[C@@H]1C(=O)NCC(F)(F)F. The zero-order valence-electron chi connectivity index (χ0n) is 16.6. The minimum atomic E-state index is -4.54. The summed E-state index contributed by atoms with van der Waals surface area (Å²) in [6.07, 6.45) is -4.54. The van der Waals surface area contributed by atoms with Gasteiger partial charge in [0.1, 0.15) is 12.4 Å². The fourth-order valence-electron chi connectivity index (χ4n) is 4.95. The summed E-state index contributed by atoms with van der Waals surface area (Å²) in [6.45, 7) is -1.69. The first-order chi connectivity index (χ1) is 14.6. The molecule has 4 rings (SSSR count). The van der Waals surface area contributed by atoms with Crippen molar-refractivity contribution in [2.45, 2.75) is 24.8 Å². The van der Waals surface area contributed by atoms with Crippen LogP contribution in [0.15, 0.2) is 41.2 Å². The van der Waals surface area contributed by atoms with Gasteiger partial charge in [-0.15, -0.1) is 0 Å². The molecule has 166 valence electrons. The molecule has 1 aromatic carbocycles. The zero-order valence-corrected chi connectivity index (χ0v) is 16.6. The molecular weight excluding hydrogens is 418 g/mol. The topological polar surface area (TPSA) is 74.6 Å². The number of amides is 1. The Kier molecular flexibility index (Phi) is 5.38. The summed E-state index contributed by atoms with van der Waals surface area (Å²) in [5.41, 5.74) is 0.572. The first-order valence-corrected chi connectivity index (χ1v) is 9.80. The van der Waals surface area contributed by atoms with Gasteiger partial charge < -0.3 is 15.0 Å². The molecule has 0 spiro atoms. The molecule has 2 aliphatic rings. The van der Waals surface area contributed by atoms with Crippen molar-refractivity contribution < 1.29 is 27.5 Å². The van der Waals surface area contributed by atoms with Crippen LogP contribution in [0.4, 0.5) is 17.6 Å². The van der Waals surface area contributed by atoms with Crippen molar-refractivity contribution in [3.05, 3.63) is 58.3 Å². The second kappa shape index (κ2) is 7.76. The van der Waals surface area contributed by atoms with E-state index in [9.17, 15) is 32.3 Å². The maximum absolute atomic E-state index is 14.2. The van der Waals surface area contributed by atoms with Crippen LogP contribution >= 0.6 is 0 Å². The lowest BCUT2D eigenvalue weighted by Gasteiger charge is -2.27. The van der Waals surface area contributed by atoms with Gasteiger partial charge in [-0.1, -0.05) is 18.2 Å². The predicted octanol–water partition coefficient (Wildman–Crippen LogP) is 1.93. The number of carbonyl (C=O) groups is 1. The normalized spacial score (nSPS) is 25.4. The van der Waals surface area contributed by atoms with E-state index in [1.807, 2.05) is 5.32 Å². The van der Waals surface area contributed by atoms with Crippen LogP contribution in [-0.2, 0) is 11.3 Å². The van der Waals surface area contributed by atoms with E-state index in [1.54, 1.807) is 24.1 Å². The third kappa shape index (κ3) is 3.63. The van der Waals surface area contributed by atoms with E-state index in [0.717, 1.165) is 0 Å². The van der Waals surface area contributed by atoms with Crippen LogP contribution < -0.4 is 10.9 Å². The Morgan fingerprint density at radius 2 is 1.90 bits per heavy atom. The largest absolute Gasteiger partial charge is 0.405 e.